The number of nitrogens with one attached hydrogen (secondary N) is 2. The van der Waals surface area contributed by atoms with Crippen molar-refractivity contribution in [3.8, 4) is 11.5 Å². The summed E-state index contributed by atoms with van der Waals surface area (Å²) in [5.74, 6) is 0.472. The van der Waals surface area contributed by atoms with Crippen molar-refractivity contribution in [3.63, 3.8) is 0 Å². The number of para-hydroxylation sites is 1. The Hall–Kier alpha value is -3.59. The Morgan fingerprint density at radius 2 is 1.68 bits per heavy atom. The first kappa shape index (κ1) is 26.7. The van der Waals surface area contributed by atoms with Gasteiger partial charge in [0.25, 0.3) is 0 Å². The topological polar surface area (TPSA) is 117 Å². The van der Waals surface area contributed by atoms with E-state index in [0.29, 0.717) is 17.9 Å². The predicted octanol–water partition coefficient (Wildman–Crippen LogP) is 3.44. The minimum Gasteiger partial charge on any atom is -0.457 e. The number of aryl methyl sites for hydroxylation is 1. The Morgan fingerprint density at radius 3 is 2.26 bits per heavy atom. The maximum absolute atomic E-state index is 12.6. The third-order valence-electron chi connectivity index (χ3n) is 4.74. The molecule has 0 radical (unpaired) electrons. The van der Waals surface area contributed by atoms with Crippen molar-refractivity contribution >= 4 is 17.9 Å². The summed E-state index contributed by atoms with van der Waals surface area (Å²) in [7, 11) is 3.26. The Labute approximate surface area is 200 Å². The zero-order valence-corrected chi connectivity index (χ0v) is 20.3. The van der Waals surface area contributed by atoms with Crippen LogP contribution in [-0.2, 0) is 27.2 Å². The van der Waals surface area contributed by atoms with Gasteiger partial charge in [-0.1, -0.05) is 30.3 Å². The molecule has 9 nitrogen and oxygen atoms in total. The van der Waals surface area contributed by atoms with Gasteiger partial charge in [-0.15, -0.1) is 0 Å². The van der Waals surface area contributed by atoms with Crippen LogP contribution < -0.4 is 15.5 Å². The second-order valence-electron chi connectivity index (χ2n) is 9.02. The number of ether oxygens (including phenoxy) is 2. The van der Waals surface area contributed by atoms with Crippen LogP contribution in [0.25, 0.3) is 0 Å². The molecule has 0 spiro atoms. The average Bonchev–Trinajstić information content (AvgIpc) is 2.77. The van der Waals surface area contributed by atoms with Gasteiger partial charge in [0.05, 0.1) is 0 Å². The molecule has 9 heteroatoms. The standard InChI is InChI=1S/C25H33N3O6/c1-25(2,3)34-24(31)26-20(23(30)28(4)5)16-17-10-13-19(14-11-17)33-21-9-7-6-8-18(21)12-15-22(29)27-32/h6-11,13-14,20,32H,12,15-16H2,1-5H3,(H,26,31)(H,27,29). The van der Waals surface area contributed by atoms with Gasteiger partial charge in [-0.3, -0.25) is 14.8 Å². The van der Waals surface area contributed by atoms with Crippen molar-refractivity contribution in [2.45, 2.75) is 51.7 Å². The van der Waals surface area contributed by atoms with E-state index in [1.807, 2.05) is 30.3 Å². The van der Waals surface area contributed by atoms with Gasteiger partial charge in [-0.2, -0.15) is 0 Å². The van der Waals surface area contributed by atoms with E-state index in [-0.39, 0.29) is 18.7 Å². The van der Waals surface area contributed by atoms with Crippen molar-refractivity contribution in [3.05, 3.63) is 59.7 Å². The summed E-state index contributed by atoms with van der Waals surface area (Å²) < 4.78 is 11.3. The quantitative estimate of drug-likeness (QED) is 0.381. The number of alkyl carbamates (subject to hydrolysis) is 1. The number of nitrogens with zero attached hydrogens (tertiary/aromatic N) is 1. The molecule has 34 heavy (non-hydrogen) atoms. The zero-order valence-electron chi connectivity index (χ0n) is 20.3. The van der Waals surface area contributed by atoms with Crippen LogP contribution in [0.2, 0.25) is 0 Å². The molecule has 0 aliphatic heterocycles. The number of hydrogen-bond donors (Lipinski definition) is 3. The van der Waals surface area contributed by atoms with Crippen molar-refractivity contribution in [2.75, 3.05) is 14.1 Å². The van der Waals surface area contributed by atoms with Crippen LogP contribution in [0, 0.1) is 0 Å². The molecule has 0 saturated carbocycles. The van der Waals surface area contributed by atoms with E-state index in [0.717, 1.165) is 11.1 Å². The fraction of sp³-hybridized carbons (Fsp3) is 0.400. The van der Waals surface area contributed by atoms with Gasteiger partial charge in [0.15, 0.2) is 0 Å². The summed E-state index contributed by atoms with van der Waals surface area (Å²) in [4.78, 5) is 37.6. The lowest BCUT2D eigenvalue weighted by Gasteiger charge is -2.25. The van der Waals surface area contributed by atoms with Crippen LogP contribution in [0.5, 0.6) is 11.5 Å². The molecule has 0 aliphatic carbocycles. The monoisotopic (exact) mass is 471 g/mol. The highest BCUT2D eigenvalue weighted by Crippen LogP contribution is 2.26. The number of benzene rings is 2. The minimum absolute atomic E-state index is 0.127. The lowest BCUT2D eigenvalue weighted by molar-refractivity contribution is -0.131. The third kappa shape index (κ3) is 8.74. The summed E-state index contributed by atoms with van der Waals surface area (Å²) in [5, 5.41) is 11.3. The summed E-state index contributed by atoms with van der Waals surface area (Å²) in [5.41, 5.74) is 2.61. The smallest absolute Gasteiger partial charge is 0.408 e. The summed E-state index contributed by atoms with van der Waals surface area (Å²) in [6.45, 7) is 5.27. The Balaban J connectivity index is 2.09. The minimum atomic E-state index is -0.782. The van der Waals surface area contributed by atoms with E-state index < -0.39 is 23.6 Å². The van der Waals surface area contributed by atoms with Crippen LogP contribution in [0.3, 0.4) is 0 Å². The first-order chi connectivity index (χ1) is 16.0. The summed E-state index contributed by atoms with van der Waals surface area (Å²) in [6, 6.07) is 13.8. The molecule has 1 atom stereocenters. The Morgan fingerprint density at radius 1 is 1.03 bits per heavy atom. The Kier molecular flexibility index (Phi) is 9.44. The third-order valence-corrected chi connectivity index (χ3v) is 4.74. The number of rotatable bonds is 9. The molecular weight excluding hydrogens is 438 g/mol. The molecule has 0 bridgehead atoms. The normalized spacial score (nSPS) is 11.8. The van der Waals surface area contributed by atoms with Gasteiger partial charge >= 0.3 is 6.09 Å². The van der Waals surface area contributed by atoms with E-state index in [4.69, 9.17) is 14.7 Å². The molecule has 0 fully saturated rings. The molecule has 184 valence electrons. The molecule has 2 aromatic carbocycles. The fourth-order valence-corrected chi connectivity index (χ4v) is 3.13. The van der Waals surface area contributed by atoms with Crippen LogP contribution in [0.1, 0.15) is 38.3 Å². The first-order valence-corrected chi connectivity index (χ1v) is 11.0. The Bertz CT molecular complexity index is 983. The predicted molar refractivity (Wildman–Crippen MR) is 127 cm³/mol. The van der Waals surface area contributed by atoms with Crippen molar-refractivity contribution in [1.82, 2.24) is 15.7 Å². The van der Waals surface area contributed by atoms with Crippen molar-refractivity contribution in [2.24, 2.45) is 0 Å². The zero-order chi connectivity index (χ0) is 25.3. The van der Waals surface area contributed by atoms with Crippen LogP contribution in [-0.4, -0.2) is 53.8 Å². The van der Waals surface area contributed by atoms with Gasteiger partial charge in [0, 0.05) is 26.9 Å². The molecule has 2 rings (SSSR count). The highest BCUT2D eigenvalue weighted by Gasteiger charge is 2.25. The SMILES string of the molecule is CN(C)C(=O)C(Cc1ccc(Oc2ccccc2CCC(=O)NO)cc1)NC(=O)OC(C)(C)C. The van der Waals surface area contributed by atoms with Gasteiger partial charge in [-0.05, 0) is 56.5 Å². The largest absolute Gasteiger partial charge is 0.457 e. The van der Waals surface area contributed by atoms with E-state index in [1.165, 1.54) is 4.90 Å². The lowest BCUT2D eigenvalue weighted by Crippen LogP contribution is -2.48. The highest BCUT2D eigenvalue weighted by molar-refractivity contribution is 5.85. The number of carbonyl (C=O) groups is 3. The van der Waals surface area contributed by atoms with E-state index in [9.17, 15) is 14.4 Å². The van der Waals surface area contributed by atoms with Crippen molar-refractivity contribution < 1.29 is 29.1 Å². The second kappa shape index (κ2) is 12.0. The molecule has 3 N–H and O–H groups in total. The first-order valence-electron chi connectivity index (χ1n) is 11.0. The maximum Gasteiger partial charge on any atom is 0.408 e. The average molecular weight is 472 g/mol. The number of hydrogen-bond acceptors (Lipinski definition) is 6. The molecule has 0 aromatic heterocycles. The number of carbonyl (C=O) groups excluding carboxylic acids is 3. The molecule has 0 saturated heterocycles. The number of hydroxylamine groups is 1. The number of amides is 3. The van der Waals surface area contributed by atoms with Gasteiger partial charge in [0.2, 0.25) is 11.8 Å². The summed E-state index contributed by atoms with van der Waals surface area (Å²) in [6.07, 6.45) is 0.162. The molecular formula is C25H33N3O6. The van der Waals surface area contributed by atoms with Crippen LogP contribution in [0.15, 0.2) is 48.5 Å². The van der Waals surface area contributed by atoms with Crippen LogP contribution >= 0.6 is 0 Å². The lowest BCUT2D eigenvalue weighted by atomic mass is 10.0. The molecule has 3 amide bonds. The molecule has 0 aliphatic rings. The maximum atomic E-state index is 12.6. The van der Waals surface area contributed by atoms with Crippen LogP contribution in [0.4, 0.5) is 4.79 Å². The van der Waals surface area contributed by atoms with Crippen molar-refractivity contribution in [1.29, 1.82) is 0 Å². The second-order valence-corrected chi connectivity index (χ2v) is 9.02. The van der Waals surface area contributed by atoms with Gasteiger partial charge in [0.1, 0.15) is 23.1 Å². The van der Waals surface area contributed by atoms with E-state index >= 15 is 0 Å². The summed E-state index contributed by atoms with van der Waals surface area (Å²) >= 11 is 0. The molecule has 1 unspecified atom stereocenters. The fourth-order valence-electron chi connectivity index (χ4n) is 3.13. The van der Waals surface area contributed by atoms with Gasteiger partial charge in [-0.25, -0.2) is 10.3 Å². The highest BCUT2D eigenvalue weighted by atomic mass is 16.6. The van der Waals surface area contributed by atoms with E-state index in [1.54, 1.807) is 58.5 Å². The molecule has 2 aromatic rings. The van der Waals surface area contributed by atoms with E-state index in [2.05, 4.69) is 5.32 Å². The van der Waals surface area contributed by atoms with Gasteiger partial charge < -0.3 is 19.7 Å². The molecule has 0 heterocycles. The number of likely N-dealkylation sites (N-methyl/N-ethyl adjacent to an activating group) is 1.